The summed E-state index contributed by atoms with van der Waals surface area (Å²) in [5.41, 5.74) is 3.56. The highest BCUT2D eigenvalue weighted by Gasteiger charge is 2.11. The van der Waals surface area contributed by atoms with Gasteiger partial charge in [-0.2, -0.15) is 0 Å². The lowest BCUT2D eigenvalue weighted by atomic mass is 10.0. The fourth-order valence-corrected chi connectivity index (χ4v) is 3.41. The predicted molar refractivity (Wildman–Crippen MR) is 110 cm³/mol. The van der Waals surface area contributed by atoms with Gasteiger partial charge in [-0.1, -0.05) is 53.2 Å². The maximum atomic E-state index is 12.2. The number of hydrogen-bond donors (Lipinski definition) is 3. The first-order chi connectivity index (χ1) is 12.7. The fourth-order valence-electron chi connectivity index (χ4n) is 3.15. The standard InChI is InChI=1S/C21H24BrN3O/c1-2-19(15-7-9-17(22)10-8-15)25-14-21(26)23-12-11-16-13-24-20-6-4-3-5-18(16)20/h3-10,13,19,24-25H,2,11-12,14H2,1H3,(H,23,26)/t19-/m0/s1. The third-order valence-electron chi connectivity index (χ3n) is 4.58. The maximum Gasteiger partial charge on any atom is 0.233 e. The number of hydrogen-bond acceptors (Lipinski definition) is 2. The Balaban J connectivity index is 1.45. The molecule has 3 N–H and O–H groups in total. The van der Waals surface area contributed by atoms with E-state index in [-0.39, 0.29) is 11.9 Å². The number of aromatic amines is 1. The van der Waals surface area contributed by atoms with E-state index in [4.69, 9.17) is 0 Å². The zero-order valence-corrected chi connectivity index (χ0v) is 16.5. The maximum absolute atomic E-state index is 12.2. The average Bonchev–Trinajstić information content (AvgIpc) is 3.07. The van der Waals surface area contributed by atoms with Crippen LogP contribution in [0.5, 0.6) is 0 Å². The van der Waals surface area contributed by atoms with Crippen LogP contribution in [0.3, 0.4) is 0 Å². The molecule has 0 aliphatic heterocycles. The molecule has 4 nitrogen and oxygen atoms in total. The Kier molecular flexibility index (Phi) is 6.47. The predicted octanol–water partition coefficient (Wildman–Crippen LogP) is 4.33. The number of carbonyl (C=O) groups excluding carboxylic acids is 1. The summed E-state index contributed by atoms with van der Waals surface area (Å²) in [5, 5.41) is 7.57. The van der Waals surface area contributed by atoms with Crippen LogP contribution in [-0.2, 0) is 11.2 Å². The minimum absolute atomic E-state index is 0.0282. The van der Waals surface area contributed by atoms with E-state index in [1.807, 2.05) is 30.5 Å². The lowest BCUT2D eigenvalue weighted by Crippen LogP contribution is -2.36. The number of halogens is 1. The van der Waals surface area contributed by atoms with Gasteiger partial charge in [-0.25, -0.2) is 0 Å². The monoisotopic (exact) mass is 413 g/mol. The number of aromatic nitrogens is 1. The van der Waals surface area contributed by atoms with Crippen LogP contribution >= 0.6 is 15.9 Å². The molecule has 2 aromatic carbocycles. The molecule has 0 aliphatic carbocycles. The van der Waals surface area contributed by atoms with E-state index in [0.717, 1.165) is 22.8 Å². The minimum atomic E-state index is 0.0282. The van der Waals surface area contributed by atoms with E-state index >= 15 is 0 Å². The van der Waals surface area contributed by atoms with Gasteiger partial charge in [-0.15, -0.1) is 0 Å². The van der Waals surface area contributed by atoms with E-state index in [0.29, 0.717) is 13.1 Å². The molecular formula is C21H24BrN3O. The highest BCUT2D eigenvalue weighted by atomic mass is 79.9. The molecule has 3 rings (SSSR count). The Morgan fingerprint density at radius 2 is 1.92 bits per heavy atom. The highest BCUT2D eigenvalue weighted by molar-refractivity contribution is 9.10. The number of amides is 1. The Bertz CT molecular complexity index is 857. The molecule has 3 aromatic rings. The highest BCUT2D eigenvalue weighted by Crippen LogP contribution is 2.19. The topological polar surface area (TPSA) is 56.9 Å². The second-order valence-electron chi connectivity index (χ2n) is 6.35. The van der Waals surface area contributed by atoms with Crippen molar-refractivity contribution >= 4 is 32.7 Å². The first-order valence-corrected chi connectivity index (χ1v) is 9.77. The molecule has 1 heterocycles. The van der Waals surface area contributed by atoms with Crippen LogP contribution in [0.15, 0.2) is 59.2 Å². The number of benzene rings is 2. The molecule has 0 radical (unpaired) electrons. The van der Waals surface area contributed by atoms with Crippen molar-refractivity contribution in [2.24, 2.45) is 0 Å². The molecule has 0 saturated carbocycles. The van der Waals surface area contributed by atoms with Crippen LogP contribution < -0.4 is 10.6 Å². The van der Waals surface area contributed by atoms with E-state index in [2.05, 4.69) is 62.7 Å². The van der Waals surface area contributed by atoms with Crippen molar-refractivity contribution in [3.05, 3.63) is 70.3 Å². The summed E-state index contributed by atoms with van der Waals surface area (Å²) >= 11 is 3.45. The number of nitrogens with one attached hydrogen (secondary N) is 3. The molecule has 1 aromatic heterocycles. The zero-order chi connectivity index (χ0) is 18.4. The van der Waals surface area contributed by atoms with Gasteiger partial charge in [-0.05, 0) is 42.2 Å². The van der Waals surface area contributed by atoms with E-state index in [1.54, 1.807) is 0 Å². The van der Waals surface area contributed by atoms with Gasteiger partial charge >= 0.3 is 0 Å². The van der Waals surface area contributed by atoms with Crippen LogP contribution in [-0.4, -0.2) is 24.0 Å². The molecule has 0 saturated heterocycles. The molecular weight excluding hydrogens is 390 g/mol. The van der Waals surface area contributed by atoms with Crippen LogP contribution in [0, 0.1) is 0 Å². The van der Waals surface area contributed by atoms with Crippen LogP contribution in [0.25, 0.3) is 10.9 Å². The van der Waals surface area contributed by atoms with Gasteiger partial charge in [0.15, 0.2) is 0 Å². The van der Waals surface area contributed by atoms with Gasteiger partial charge in [-0.3, -0.25) is 4.79 Å². The summed E-state index contributed by atoms with van der Waals surface area (Å²) in [4.78, 5) is 15.4. The second-order valence-corrected chi connectivity index (χ2v) is 7.27. The second kappa shape index (κ2) is 9.01. The molecule has 0 fully saturated rings. The number of H-pyrrole nitrogens is 1. The normalized spacial score (nSPS) is 12.2. The summed E-state index contributed by atoms with van der Waals surface area (Å²) in [6.07, 6.45) is 3.78. The summed E-state index contributed by atoms with van der Waals surface area (Å²) in [7, 11) is 0. The third kappa shape index (κ3) is 4.74. The summed E-state index contributed by atoms with van der Waals surface area (Å²) < 4.78 is 1.06. The van der Waals surface area contributed by atoms with Crippen molar-refractivity contribution in [3.63, 3.8) is 0 Å². The van der Waals surface area contributed by atoms with Crippen molar-refractivity contribution in [1.82, 2.24) is 15.6 Å². The van der Waals surface area contributed by atoms with Gasteiger partial charge in [0.2, 0.25) is 5.91 Å². The van der Waals surface area contributed by atoms with Crippen molar-refractivity contribution < 1.29 is 4.79 Å². The van der Waals surface area contributed by atoms with Gasteiger partial charge in [0, 0.05) is 34.2 Å². The summed E-state index contributed by atoms with van der Waals surface area (Å²) in [6.45, 7) is 3.08. The zero-order valence-electron chi connectivity index (χ0n) is 14.9. The molecule has 0 aliphatic rings. The van der Waals surface area contributed by atoms with Gasteiger partial charge < -0.3 is 15.6 Å². The SMILES string of the molecule is CC[C@H](NCC(=O)NCCc1c[nH]c2ccccc12)c1ccc(Br)cc1. The molecule has 5 heteroatoms. The third-order valence-corrected chi connectivity index (χ3v) is 5.11. The average molecular weight is 414 g/mol. The molecule has 136 valence electrons. The van der Waals surface area contributed by atoms with Crippen molar-refractivity contribution in [2.75, 3.05) is 13.1 Å². The Morgan fingerprint density at radius 3 is 2.69 bits per heavy atom. The lowest BCUT2D eigenvalue weighted by molar-refractivity contribution is -0.120. The molecule has 1 atom stereocenters. The molecule has 0 spiro atoms. The summed E-state index contributed by atoms with van der Waals surface area (Å²) in [5.74, 6) is 0.0282. The van der Waals surface area contributed by atoms with Gasteiger partial charge in [0.1, 0.15) is 0 Å². The number of carbonyl (C=O) groups is 1. The quantitative estimate of drug-likeness (QED) is 0.514. The molecule has 26 heavy (non-hydrogen) atoms. The molecule has 1 amide bonds. The van der Waals surface area contributed by atoms with Crippen LogP contribution in [0.1, 0.15) is 30.5 Å². The Morgan fingerprint density at radius 1 is 1.15 bits per heavy atom. The van der Waals surface area contributed by atoms with Gasteiger partial charge in [0.25, 0.3) is 0 Å². The first kappa shape index (κ1) is 18.7. The minimum Gasteiger partial charge on any atom is -0.361 e. The largest absolute Gasteiger partial charge is 0.361 e. The first-order valence-electron chi connectivity index (χ1n) is 8.98. The lowest BCUT2D eigenvalue weighted by Gasteiger charge is -2.17. The van der Waals surface area contributed by atoms with E-state index in [1.165, 1.54) is 16.5 Å². The number of para-hydroxylation sites is 1. The number of rotatable bonds is 8. The van der Waals surface area contributed by atoms with Crippen molar-refractivity contribution in [3.8, 4) is 0 Å². The smallest absolute Gasteiger partial charge is 0.233 e. The van der Waals surface area contributed by atoms with Crippen LogP contribution in [0.2, 0.25) is 0 Å². The fraction of sp³-hybridized carbons (Fsp3) is 0.286. The van der Waals surface area contributed by atoms with E-state index in [9.17, 15) is 4.79 Å². The van der Waals surface area contributed by atoms with Crippen molar-refractivity contribution in [2.45, 2.75) is 25.8 Å². The molecule has 0 bridgehead atoms. The Labute approximate surface area is 162 Å². The number of fused-ring (bicyclic) bond motifs is 1. The van der Waals surface area contributed by atoms with Crippen LogP contribution in [0.4, 0.5) is 0 Å². The Hall–Kier alpha value is -2.11. The molecule has 0 unspecified atom stereocenters. The summed E-state index contributed by atoms with van der Waals surface area (Å²) in [6, 6.07) is 16.6. The van der Waals surface area contributed by atoms with Gasteiger partial charge in [0.05, 0.1) is 6.54 Å². The van der Waals surface area contributed by atoms with E-state index < -0.39 is 0 Å². The van der Waals surface area contributed by atoms with Crippen molar-refractivity contribution in [1.29, 1.82) is 0 Å².